The first kappa shape index (κ1) is 16.3. The minimum atomic E-state index is -4.61. The van der Waals surface area contributed by atoms with Gasteiger partial charge in [-0.25, -0.2) is 9.50 Å². The molecule has 0 atom stereocenters. The molecule has 2 heterocycles. The van der Waals surface area contributed by atoms with Gasteiger partial charge < -0.3 is 5.32 Å². The van der Waals surface area contributed by atoms with Crippen molar-refractivity contribution in [1.82, 2.24) is 14.6 Å². The van der Waals surface area contributed by atoms with Gasteiger partial charge >= 0.3 is 6.18 Å². The van der Waals surface area contributed by atoms with Crippen molar-refractivity contribution >= 4 is 28.8 Å². The van der Waals surface area contributed by atoms with Crippen LogP contribution < -0.4 is 5.32 Å². The molecule has 1 N–H and O–H groups in total. The van der Waals surface area contributed by atoms with Crippen molar-refractivity contribution in [1.29, 1.82) is 0 Å². The molecule has 0 aliphatic heterocycles. The van der Waals surface area contributed by atoms with Crippen LogP contribution in [0.25, 0.3) is 5.65 Å². The Bertz CT molecular complexity index is 919. The van der Waals surface area contributed by atoms with Crippen molar-refractivity contribution in [2.75, 3.05) is 5.32 Å². The number of anilines is 1. The predicted octanol–water partition coefficient (Wildman–Crippen LogP) is 3.96. The molecule has 0 unspecified atom stereocenters. The molecule has 124 valence electrons. The van der Waals surface area contributed by atoms with E-state index in [4.69, 9.17) is 11.6 Å². The Hall–Kier alpha value is -2.61. The van der Waals surface area contributed by atoms with Gasteiger partial charge in [0.25, 0.3) is 5.91 Å². The molecule has 1 amide bonds. The number of carbonyl (C=O) groups excluding carboxylic acids is 1. The Morgan fingerprint density at radius 2 is 1.88 bits per heavy atom. The van der Waals surface area contributed by atoms with E-state index in [0.29, 0.717) is 15.2 Å². The van der Waals surface area contributed by atoms with Crippen molar-refractivity contribution < 1.29 is 18.0 Å². The minimum absolute atomic E-state index is 0.0522. The quantitative estimate of drug-likeness (QED) is 0.757. The summed E-state index contributed by atoms with van der Waals surface area (Å²) >= 11 is 5.75. The van der Waals surface area contributed by atoms with E-state index >= 15 is 0 Å². The van der Waals surface area contributed by atoms with Gasteiger partial charge in [-0.05, 0) is 37.3 Å². The summed E-state index contributed by atoms with van der Waals surface area (Å²) in [7, 11) is 0. The molecule has 3 aromatic rings. The highest BCUT2D eigenvalue weighted by Gasteiger charge is 2.35. The fourth-order valence-corrected chi connectivity index (χ4v) is 2.27. The van der Waals surface area contributed by atoms with Crippen LogP contribution in [0.1, 0.15) is 21.9 Å². The zero-order valence-corrected chi connectivity index (χ0v) is 13.0. The van der Waals surface area contributed by atoms with Crippen LogP contribution in [0.15, 0.2) is 36.4 Å². The van der Waals surface area contributed by atoms with E-state index in [1.807, 2.05) is 0 Å². The monoisotopic (exact) mass is 354 g/mol. The maximum atomic E-state index is 13.1. The summed E-state index contributed by atoms with van der Waals surface area (Å²) in [5.41, 5.74) is -0.589. The van der Waals surface area contributed by atoms with Crippen molar-refractivity contribution in [3.8, 4) is 0 Å². The second kappa shape index (κ2) is 5.79. The summed E-state index contributed by atoms with van der Waals surface area (Å²) in [5, 5.41) is 6.76. The summed E-state index contributed by atoms with van der Waals surface area (Å²) in [6.45, 7) is 1.44. The van der Waals surface area contributed by atoms with E-state index in [0.717, 1.165) is 6.07 Å². The van der Waals surface area contributed by atoms with E-state index in [-0.39, 0.29) is 17.0 Å². The Labute approximate surface area is 139 Å². The van der Waals surface area contributed by atoms with E-state index < -0.39 is 17.8 Å². The third-order valence-electron chi connectivity index (χ3n) is 3.18. The molecule has 24 heavy (non-hydrogen) atoms. The number of carbonyl (C=O) groups is 1. The lowest BCUT2D eigenvalue weighted by Gasteiger charge is -2.09. The van der Waals surface area contributed by atoms with Gasteiger partial charge in [-0.3, -0.25) is 4.79 Å². The van der Waals surface area contributed by atoms with Crippen LogP contribution in [0.2, 0.25) is 5.02 Å². The number of nitrogens with one attached hydrogen (secondary N) is 1. The normalized spacial score (nSPS) is 11.7. The molecule has 3 rings (SSSR count). The maximum Gasteiger partial charge on any atom is 0.433 e. The van der Waals surface area contributed by atoms with Gasteiger partial charge in [-0.2, -0.15) is 18.3 Å². The van der Waals surface area contributed by atoms with Crippen molar-refractivity contribution in [2.24, 2.45) is 0 Å². The molecule has 0 fully saturated rings. The number of amides is 1. The number of nitrogens with zero attached hydrogens (tertiary/aromatic N) is 3. The molecule has 0 spiro atoms. The van der Waals surface area contributed by atoms with Crippen LogP contribution in [-0.2, 0) is 6.18 Å². The molecule has 0 saturated heterocycles. The number of hydrogen-bond donors (Lipinski definition) is 1. The van der Waals surface area contributed by atoms with Gasteiger partial charge in [0.15, 0.2) is 11.3 Å². The average Bonchev–Trinajstić information content (AvgIpc) is 2.91. The van der Waals surface area contributed by atoms with Gasteiger partial charge in [0.2, 0.25) is 0 Å². The molecule has 0 radical (unpaired) electrons. The second-order valence-electron chi connectivity index (χ2n) is 5.04. The Balaban J connectivity index is 1.98. The lowest BCUT2D eigenvalue weighted by atomic mass is 10.3. The zero-order valence-electron chi connectivity index (χ0n) is 12.2. The molecule has 0 saturated carbocycles. The molecular weight excluding hydrogens is 345 g/mol. The van der Waals surface area contributed by atoms with Crippen molar-refractivity contribution in [3.05, 3.63) is 58.5 Å². The molecular formula is C15H10ClF3N4O. The molecule has 1 aromatic carbocycles. The highest BCUT2D eigenvalue weighted by molar-refractivity contribution is 6.30. The number of halogens is 4. The highest BCUT2D eigenvalue weighted by atomic mass is 35.5. The first-order chi connectivity index (χ1) is 11.2. The number of aromatic nitrogens is 3. The molecule has 0 aliphatic rings. The number of aryl methyl sites for hydroxylation is 1. The lowest BCUT2D eigenvalue weighted by molar-refractivity contribution is -0.142. The van der Waals surface area contributed by atoms with Crippen LogP contribution in [0.4, 0.5) is 18.9 Å². The number of rotatable bonds is 2. The highest BCUT2D eigenvalue weighted by Crippen LogP contribution is 2.30. The number of fused-ring (bicyclic) bond motifs is 1. The Morgan fingerprint density at radius 1 is 1.21 bits per heavy atom. The minimum Gasteiger partial charge on any atom is -0.321 e. The van der Waals surface area contributed by atoms with Crippen molar-refractivity contribution in [3.63, 3.8) is 0 Å². The molecule has 0 aliphatic carbocycles. The van der Waals surface area contributed by atoms with Gasteiger partial charge in [-0.1, -0.05) is 11.6 Å². The third kappa shape index (κ3) is 3.18. The molecule has 9 heteroatoms. The zero-order chi connectivity index (χ0) is 17.5. The fourth-order valence-electron chi connectivity index (χ4n) is 2.14. The molecule has 2 aromatic heterocycles. The van der Waals surface area contributed by atoms with E-state index in [1.165, 1.54) is 13.0 Å². The number of benzene rings is 1. The molecule has 5 nitrogen and oxygen atoms in total. The Kier molecular flexibility index (Phi) is 3.92. The van der Waals surface area contributed by atoms with Gasteiger partial charge in [0, 0.05) is 22.5 Å². The van der Waals surface area contributed by atoms with Crippen molar-refractivity contribution in [2.45, 2.75) is 13.1 Å². The smallest absolute Gasteiger partial charge is 0.321 e. The summed E-state index contributed by atoms with van der Waals surface area (Å²) in [6.07, 6.45) is -4.61. The average molecular weight is 355 g/mol. The van der Waals surface area contributed by atoms with E-state index in [9.17, 15) is 18.0 Å². The van der Waals surface area contributed by atoms with E-state index in [1.54, 1.807) is 24.3 Å². The third-order valence-corrected chi connectivity index (χ3v) is 3.43. The maximum absolute atomic E-state index is 13.1. The number of alkyl halides is 3. The predicted molar refractivity (Wildman–Crippen MR) is 82.1 cm³/mol. The summed E-state index contributed by atoms with van der Waals surface area (Å²) in [4.78, 5) is 16.2. The second-order valence-corrected chi connectivity index (χ2v) is 5.48. The van der Waals surface area contributed by atoms with Crippen LogP contribution in [0, 0.1) is 6.92 Å². The van der Waals surface area contributed by atoms with Gasteiger partial charge in [-0.15, -0.1) is 0 Å². The summed E-state index contributed by atoms with van der Waals surface area (Å²) in [5.74, 6) is -0.645. The fraction of sp³-hybridized carbons (Fsp3) is 0.133. The van der Waals surface area contributed by atoms with Crippen LogP contribution in [0.3, 0.4) is 0 Å². The standard InChI is InChI=1S/C15H10ClF3N4O/c1-8-6-12(15(17,18)19)23-13(20-8)7-11(22-23)14(24)21-10-4-2-9(16)3-5-10/h2-7H,1H3,(H,21,24). The van der Waals surface area contributed by atoms with E-state index in [2.05, 4.69) is 15.4 Å². The first-order valence-electron chi connectivity index (χ1n) is 6.75. The van der Waals surface area contributed by atoms with Gasteiger partial charge in [0.1, 0.15) is 5.69 Å². The van der Waals surface area contributed by atoms with Crippen LogP contribution in [-0.4, -0.2) is 20.5 Å². The van der Waals surface area contributed by atoms with Crippen LogP contribution >= 0.6 is 11.6 Å². The topological polar surface area (TPSA) is 59.3 Å². The van der Waals surface area contributed by atoms with Crippen LogP contribution in [0.5, 0.6) is 0 Å². The number of hydrogen-bond acceptors (Lipinski definition) is 3. The first-order valence-corrected chi connectivity index (χ1v) is 7.13. The van der Waals surface area contributed by atoms with Gasteiger partial charge in [0.05, 0.1) is 0 Å². The SMILES string of the molecule is Cc1cc(C(F)(F)F)n2nc(C(=O)Nc3ccc(Cl)cc3)cc2n1. The molecule has 0 bridgehead atoms. The summed E-state index contributed by atoms with van der Waals surface area (Å²) in [6, 6.07) is 8.37. The Morgan fingerprint density at radius 3 is 2.50 bits per heavy atom. The largest absolute Gasteiger partial charge is 0.433 e. The summed E-state index contributed by atoms with van der Waals surface area (Å²) < 4.78 is 39.9. The lowest BCUT2D eigenvalue weighted by Crippen LogP contribution is -2.15.